The summed E-state index contributed by atoms with van der Waals surface area (Å²) in [6.07, 6.45) is 36.8. The molecular formula is C42H78O2. The van der Waals surface area contributed by atoms with Crippen LogP contribution in [0.15, 0.2) is 48.6 Å². The zero-order valence-corrected chi connectivity index (χ0v) is 31.8. The Balaban J connectivity index is 3.93. The highest BCUT2D eigenvalue weighted by Crippen LogP contribution is 2.22. The quantitative estimate of drug-likeness (QED) is 0.0857. The van der Waals surface area contributed by atoms with Gasteiger partial charge in [0.15, 0.2) is 0 Å². The van der Waals surface area contributed by atoms with Gasteiger partial charge >= 0.3 is 0 Å². The van der Waals surface area contributed by atoms with Crippen LogP contribution in [0.1, 0.15) is 159 Å². The molecule has 2 heteroatoms. The molecule has 0 heterocycles. The van der Waals surface area contributed by atoms with Crippen molar-refractivity contribution >= 4 is 0 Å². The van der Waals surface area contributed by atoms with E-state index >= 15 is 0 Å². The molecule has 0 spiro atoms. The number of hydrogen-bond acceptors (Lipinski definition) is 2. The van der Waals surface area contributed by atoms with Crippen molar-refractivity contribution < 1.29 is 9.47 Å². The van der Waals surface area contributed by atoms with Gasteiger partial charge in [-0.05, 0) is 115 Å². The third-order valence-electron chi connectivity index (χ3n) is 9.59. The average molecular weight is 615 g/mol. The lowest BCUT2D eigenvalue weighted by Gasteiger charge is -2.20. The zero-order valence-electron chi connectivity index (χ0n) is 31.8. The number of rotatable bonds is 27. The molecule has 0 aromatic carbocycles. The molecule has 0 fully saturated rings. The van der Waals surface area contributed by atoms with E-state index in [0.29, 0.717) is 23.7 Å². The molecule has 0 aromatic heterocycles. The number of allylic oxidation sites excluding steroid dienone is 6. The molecule has 0 N–H and O–H groups in total. The summed E-state index contributed by atoms with van der Waals surface area (Å²) < 4.78 is 11.0. The van der Waals surface area contributed by atoms with Gasteiger partial charge < -0.3 is 9.47 Å². The van der Waals surface area contributed by atoms with Gasteiger partial charge in [0.25, 0.3) is 0 Å². The molecule has 0 aliphatic carbocycles. The molecule has 0 radical (unpaired) electrons. The van der Waals surface area contributed by atoms with Crippen LogP contribution < -0.4 is 0 Å². The molecule has 0 aliphatic heterocycles. The summed E-state index contributed by atoms with van der Waals surface area (Å²) in [6, 6.07) is 0. The predicted octanol–water partition coefficient (Wildman–Crippen LogP) is 13.3. The minimum absolute atomic E-state index is 0.0488. The molecule has 0 aromatic rings. The van der Waals surface area contributed by atoms with Crippen molar-refractivity contribution in [2.45, 2.75) is 170 Å². The lowest BCUT2D eigenvalue weighted by molar-refractivity contribution is 0.0251. The lowest BCUT2D eigenvalue weighted by Crippen LogP contribution is -2.20. The first-order valence-corrected chi connectivity index (χ1v) is 18.5. The summed E-state index contributed by atoms with van der Waals surface area (Å²) in [4.78, 5) is 0. The summed E-state index contributed by atoms with van der Waals surface area (Å²) in [7, 11) is 3.59. The van der Waals surface area contributed by atoms with Crippen molar-refractivity contribution in [3.05, 3.63) is 48.6 Å². The third-order valence-corrected chi connectivity index (χ3v) is 9.59. The molecule has 0 rings (SSSR count). The van der Waals surface area contributed by atoms with Gasteiger partial charge in [0.2, 0.25) is 0 Å². The summed E-state index contributed by atoms with van der Waals surface area (Å²) in [5, 5.41) is 0. The van der Waals surface area contributed by atoms with E-state index in [1.807, 2.05) is 0 Å². The van der Waals surface area contributed by atoms with Crippen molar-refractivity contribution in [2.75, 3.05) is 14.2 Å². The first kappa shape index (κ1) is 42.9. The highest BCUT2D eigenvalue weighted by molar-refractivity contribution is 4.96. The van der Waals surface area contributed by atoms with E-state index in [4.69, 9.17) is 9.47 Å². The van der Waals surface area contributed by atoms with Gasteiger partial charge in [0.05, 0.1) is 11.2 Å². The Morgan fingerprint density at radius 3 is 1.25 bits per heavy atom. The summed E-state index contributed by atoms with van der Waals surface area (Å²) in [5.74, 6) is 4.31. The molecule has 0 bridgehead atoms. The van der Waals surface area contributed by atoms with Crippen LogP contribution in [-0.4, -0.2) is 25.4 Å². The summed E-state index contributed by atoms with van der Waals surface area (Å²) in [5.41, 5.74) is -0.113. The Morgan fingerprint density at radius 2 is 0.818 bits per heavy atom. The number of ether oxygens (including phenoxy) is 2. The van der Waals surface area contributed by atoms with Gasteiger partial charge in [0.1, 0.15) is 0 Å². The van der Waals surface area contributed by atoms with Crippen LogP contribution in [0, 0.1) is 35.5 Å². The van der Waals surface area contributed by atoms with E-state index in [1.54, 1.807) is 14.2 Å². The molecule has 6 unspecified atom stereocenters. The lowest BCUT2D eigenvalue weighted by atomic mass is 9.92. The standard InChI is InChI=1S/C42H78O2/c1-35(23-15-25-37(3)27-17-29-39(5)31-19-33-41(7,8)43-11)21-13-14-22-36(2)24-16-26-38(4)28-18-30-40(6)32-20-34-42(9,10)44-12/h13,18-21,28,31-32,35-40H,14-17,22-27,29-30,33-34H2,1-12H3/b21-13+,28-18+,31-19+,32-20+. The predicted molar refractivity (Wildman–Crippen MR) is 198 cm³/mol. The second-order valence-electron chi connectivity index (χ2n) is 15.8. The van der Waals surface area contributed by atoms with E-state index in [-0.39, 0.29) is 11.2 Å². The van der Waals surface area contributed by atoms with Crippen molar-refractivity contribution in [1.82, 2.24) is 0 Å². The Hall–Kier alpha value is -1.12. The van der Waals surface area contributed by atoms with Crippen LogP contribution in [0.4, 0.5) is 0 Å². The zero-order chi connectivity index (χ0) is 33.4. The SMILES string of the molecule is COC(C)(C)C/C=C/C(C)C/C=C/C(C)CCCC(C)CC/C=C/C(C)CCCC(C)CCCC(C)/C=C/CC(C)(C)OC. The molecule has 0 aliphatic rings. The van der Waals surface area contributed by atoms with Crippen molar-refractivity contribution in [3.8, 4) is 0 Å². The largest absolute Gasteiger partial charge is 0.378 e. The molecule has 0 saturated carbocycles. The van der Waals surface area contributed by atoms with Crippen LogP contribution in [0.5, 0.6) is 0 Å². The topological polar surface area (TPSA) is 18.5 Å². The Morgan fingerprint density at radius 1 is 0.455 bits per heavy atom. The fourth-order valence-electron chi connectivity index (χ4n) is 5.59. The maximum atomic E-state index is 5.51. The number of methoxy groups -OCH3 is 2. The van der Waals surface area contributed by atoms with E-state index < -0.39 is 0 Å². The molecule has 258 valence electrons. The second kappa shape index (κ2) is 25.0. The first-order valence-electron chi connectivity index (χ1n) is 18.5. The maximum Gasteiger partial charge on any atom is 0.0657 e. The molecule has 0 amide bonds. The van der Waals surface area contributed by atoms with Crippen molar-refractivity contribution in [1.29, 1.82) is 0 Å². The minimum Gasteiger partial charge on any atom is -0.378 e. The van der Waals surface area contributed by atoms with Crippen LogP contribution in [0.3, 0.4) is 0 Å². The molecule has 44 heavy (non-hydrogen) atoms. The van der Waals surface area contributed by atoms with Gasteiger partial charge in [-0.1, -0.05) is 129 Å². The van der Waals surface area contributed by atoms with Gasteiger partial charge in [0, 0.05) is 14.2 Å². The van der Waals surface area contributed by atoms with E-state index in [0.717, 1.165) is 31.1 Å². The van der Waals surface area contributed by atoms with Crippen molar-refractivity contribution in [3.63, 3.8) is 0 Å². The van der Waals surface area contributed by atoms with E-state index in [9.17, 15) is 0 Å². The van der Waals surface area contributed by atoms with Crippen molar-refractivity contribution in [2.24, 2.45) is 35.5 Å². The molecular weight excluding hydrogens is 536 g/mol. The summed E-state index contributed by atoms with van der Waals surface area (Å²) >= 11 is 0. The van der Waals surface area contributed by atoms with Gasteiger partial charge in [-0.2, -0.15) is 0 Å². The molecule has 6 atom stereocenters. The Kier molecular flexibility index (Phi) is 24.4. The Bertz CT molecular complexity index is 786. The monoisotopic (exact) mass is 615 g/mol. The van der Waals surface area contributed by atoms with Crippen LogP contribution in [0.25, 0.3) is 0 Å². The Labute approximate surface area is 277 Å². The van der Waals surface area contributed by atoms with Crippen LogP contribution in [-0.2, 0) is 9.47 Å². The highest BCUT2D eigenvalue weighted by atomic mass is 16.5. The van der Waals surface area contributed by atoms with Gasteiger partial charge in [-0.3, -0.25) is 0 Å². The minimum atomic E-state index is -0.0639. The van der Waals surface area contributed by atoms with Crippen LogP contribution >= 0.6 is 0 Å². The average Bonchev–Trinajstić information content (AvgIpc) is 2.95. The van der Waals surface area contributed by atoms with Crippen LogP contribution in [0.2, 0.25) is 0 Å². The maximum absolute atomic E-state index is 5.51. The smallest absolute Gasteiger partial charge is 0.0657 e. The third kappa shape index (κ3) is 26.1. The molecule has 0 saturated heterocycles. The van der Waals surface area contributed by atoms with E-state index in [1.165, 1.54) is 70.6 Å². The van der Waals surface area contributed by atoms with Gasteiger partial charge in [-0.15, -0.1) is 0 Å². The molecule has 2 nitrogen and oxygen atoms in total. The normalized spacial score (nSPS) is 17.6. The van der Waals surface area contributed by atoms with E-state index in [2.05, 4.69) is 118 Å². The highest BCUT2D eigenvalue weighted by Gasteiger charge is 2.14. The summed E-state index contributed by atoms with van der Waals surface area (Å²) in [6.45, 7) is 22.9. The first-order chi connectivity index (χ1) is 20.7. The fraction of sp³-hybridized carbons (Fsp3) is 0.810. The fourth-order valence-corrected chi connectivity index (χ4v) is 5.59. The second-order valence-corrected chi connectivity index (χ2v) is 15.8. The number of hydrogen-bond donors (Lipinski definition) is 0. The van der Waals surface area contributed by atoms with Gasteiger partial charge in [-0.25, -0.2) is 0 Å².